The molecule has 23 heavy (non-hydrogen) atoms. The average Bonchev–Trinajstić information content (AvgIpc) is 2.77. The lowest BCUT2D eigenvalue weighted by molar-refractivity contribution is 0.0822. The van der Waals surface area contributed by atoms with E-state index in [2.05, 4.69) is 10.4 Å². The smallest absolute Gasteiger partial charge is 0.276 e. The molecule has 0 aliphatic rings. The summed E-state index contributed by atoms with van der Waals surface area (Å²) in [6.45, 7) is 1.77. The summed E-state index contributed by atoms with van der Waals surface area (Å²) in [6.07, 6.45) is 0. The molecular weight excluding hydrogens is 339 g/mol. The number of halogens is 2. The molecule has 0 radical (unpaired) electrons. The summed E-state index contributed by atoms with van der Waals surface area (Å²) < 4.78 is 1.54. The van der Waals surface area contributed by atoms with Crippen LogP contribution in [0.3, 0.4) is 0 Å². The second kappa shape index (κ2) is 6.60. The monoisotopic (exact) mass is 354 g/mol. The van der Waals surface area contributed by atoms with Crippen molar-refractivity contribution in [2.45, 2.75) is 6.92 Å². The Kier molecular flexibility index (Phi) is 4.97. The van der Waals surface area contributed by atoms with Crippen LogP contribution in [-0.4, -0.2) is 40.6 Å². The highest BCUT2D eigenvalue weighted by Crippen LogP contribution is 2.25. The fourth-order valence-electron chi connectivity index (χ4n) is 1.94. The van der Waals surface area contributed by atoms with Gasteiger partial charge in [-0.05, 0) is 25.1 Å². The number of hydrogen-bond donors (Lipinski definition) is 1. The molecule has 0 spiro atoms. The molecule has 6 nitrogen and oxygen atoms in total. The summed E-state index contributed by atoms with van der Waals surface area (Å²) in [4.78, 5) is 26.0. The molecule has 1 heterocycles. The van der Waals surface area contributed by atoms with Gasteiger partial charge in [0.05, 0.1) is 21.4 Å². The van der Waals surface area contributed by atoms with Crippen molar-refractivity contribution < 1.29 is 9.59 Å². The Labute approximate surface area is 144 Å². The second-order valence-electron chi connectivity index (χ2n) is 5.22. The van der Waals surface area contributed by atoms with Crippen LogP contribution < -0.4 is 5.32 Å². The normalized spacial score (nSPS) is 10.5. The summed E-state index contributed by atoms with van der Waals surface area (Å²) >= 11 is 11.8. The first-order valence-corrected chi connectivity index (χ1v) is 7.49. The highest BCUT2D eigenvalue weighted by atomic mass is 35.5. The molecule has 1 N–H and O–H groups in total. The maximum absolute atomic E-state index is 12.4. The van der Waals surface area contributed by atoms with Gasteiger partial charge in [-0.3, -0.25) is 14.3 Å². The van der Waals surface area contributed by atoms with Crippen molar-refractivity contribution in [2.75, 3.05) is 19.4 Å². The molecule has 2 aromatic rings. The molecule has 1 aromatic carbocycles. The number of rotatable bonds is 3. The lowest BCUT2D eigenvalue weighted by atomic mass is 10.2. The minimum atomic E-state index is -0.396. The predicted octanol–water partition coefficient (Wildman–Crippen LogP) is 2.99. The van der Waals surface area contributed by atoms with Crippen molar-refractivity contribution >= 4 is 40.7 Å². The third-order valence-electron chi connectivity index (χ3n) is 3.36. The molecule has 0 aliphatic carbocycles. The van der Waals surface area contributed by atoms with Gasteiger partial charge in [-0.2, -0.15) is 5.10 Å². The van der Waals surface area contributed by atoms with E-state index in [9.17, 15) is 9.59 Å². The van der Waals surface area contributed by atoms with Crippen molar-refractivity contribution in [3.63, 3.8) is 0 Å². The van der Waals surface area contributed by atoms with E-state index in [1.54, 1.807) is 44.9 Å². The largest absolute Gasteiger partial charge is 0.343 e. The maximum atomic E-state index is 12.4. The number of aromatic nitrogens is 2. The fourth-order valence-corrected chi connectivity index (χ4v) is 2.24. The zero-order valence-corrected chi connectivity index (χ0v) is 14.7. The van der Waals surface area contributed by atoms with E-state index >= 15 is 0 Å². The number of benzene rings is 1. The Hall–Kier alpha value is -2.05. The predicted molar refractivity (Wildman–Crippen MR) is 90.4 cm³/mol. The fraction of sp³-hybridized carbons (Fsp3) is 0.267. The van der Waals surface area contributed by atoms with E-state index < -0.39 is 5.91 Å². The van der Waals surface area contributed by atoms with Crippen molar-refractivity contribution in [3.8, 4) is 0 Å². The number of aryl methyl sites for hydroxylation is 1. The van der Waals surface area contributed by atoms with Crippen LogP contribution in [0.2, 0.25) is 10.0 Å². The van der Waals surface area contributed by atoms with Crippen LogP contribution in [-0.2, 0) is 7.05 Å². The standard InChI is InChI=1S/C15H16Cl2N4O2/c1-8-12(13(19-21(8)4)15(23)20(2)3)18-14(22)9-5-6-10(16)11(17)7-9/h5-7H,1-4H3,(H,18,22). The molecule has 0 saturated carbocycles. The number of amides is 2. The molecule has 0 atom stereocenters. The Morgan fingerprint density at radius 1 is 1.22 bits per heavy atom. The van der Waals surface area contributed by atoms with Gasteiger partial charge < -0.3 is 10.2 Å². The van der Waals surface area contributed by atoms with Crippen LogP contribution in [0.4, 0.5) is 5.69 Å². The van der Waals surface area contributed by atoms with E-state index in [1.807, 2.05) is 0 Å². The van der Waals surface area contributed by atoms with Gasteiger partial charge in [-0.15, -0.1) is 0 Å². The highest BCUT2D eigenvalue weighted by molar-refractivity contribution is 6.42. The number of anilines is 1. The molecule has 0 unspecified atom stereocenters. The SMILES string of the molecule is Cc1c(NC(=O)c2ccc(Cl)c(Cl)c2)c(C(=O)N(C)C)nn1C. The molecule has 0 aliphatic heterocycles. The Balaban J connectivity index is 2.37. The van der Waals surface area contributed by atoms with E-state index in [-0.39, 0.29) is 16.6 Å². The Morgan fingerprint density at radius 3 is 2.43 bits per heavy atom. The van der Waals surface area contributed by atoms with Crippen LogP contribution in [0.5, 0.6) is 0 Å². The first kappa shape index (κ1) is 17.3. The molecular formula is C15H16Cl2N4O2. The van der Waals surface area contributed by atoms with Crippen molar-refractivity contribution in [1.29, 1.82) is 0 Å². The first-order chi connectivity index (χ1) is 10.7. The summed E-state index contributed by atoms with van der Waals surface area (Å²) in [6, 6.07) is 4.57. The van der Waals surface area contributed by atoms with Crippen LogP contribution >= 0.6 is 23.2 Å². The van der Waals surface area contributed by atoms with Gasteiger partial charge in [0, 0.05) is 26.7 Å². The Morgan fingerprint density at radius 2 is 1.87 bits per heavy atom. The van der Waals surface area contributed by atoms with Crippen molar-refractivity contribution in [1.82, 2.24) is 14.7 Å². The van der Waals surface area contributed by atoms with E-state index in [1.165, 1.54) is 11.0 Å². The average molecular weight is 355 g/mol. The van der Waals surface area contributed by atoms with Crippen LogP contribution in [0.1, 0.15) is 26.5 Å². The van der Waals surface area contributed by atoms with Crippen molar-refractivity contribution in [2.24, 2.45) is 7.05 Å². The van der Waals surface area contributed by atoms with E-state index in [4.69, 9.17) is 23.2 Å². The molecule has 1 aromatic heterocycles. The lowest BCUT2D eigenvalue weighted by Crippen LogP contribution is -2.24. The summed E-state index contributed by atoms with van der Waals surface area (Å²) in [5, 5.41) is 7.55. The first-order valence-electron chi connectivity index (χ1n) is 6.74. The van der Waals surface area contributed by atoms with Gasteiger partial charge in [0.2, 0.25) is 0 Å². The van der Waals surface area contributed by atoms with Gasteiger partial charge in [0.25, 0.3) is 11.8 Å². The Bertz CT molecular complexity index is 784. The summed E-state index contributed by atoms with van der Waals surface area (Å²) in [7, 11) is 4.95. The van der Waals surface area contributed by atoms with Gasteiger partial charge in [-0.25, -0.2) is 0 Å². The third-order valence-corrected chi connectivity index (χ3v) is 4.10. The maximum Gasteiger partial charge on any atom is 0.276 e. The zero-order valence-electron chi connectivity index (χ0n) is 13.1. The van der Waals surface area contributed by atoms with Gasteiger partial charge in [-0.1, -0.05) is 23.2 Å². The molecule has 0 bridgehead atoms. The van der Waals surface area contributed by atoms with Gasteiger partial charge >= 0.3 is 0 Å². The quantitative estimate of drug-likeness (QED) is 0.921. The molecule has 8 heteroatoms. The van der Waals surface area contributed by atoms with Crippen LogP contribution in [0.15, 0.2) is 18.2 Å². The van der Waals surface area contributed by atoms with E-state index in [0.717, 1.165) is 0 Å². The molecule has 0 saturated heterocycles. The third kappa shape index (κ3) is 3.48. The van der Waals surface area contributed by atoms with Crippen molar-refractivity contribution in [3.05, 3.63) is 45.2 Å². The molecule has 2 amide bonds. The van der Waals surface area contributed by atoms with Crippen LogP contribution in [0, 0.1) is 6.92 Å². The number of hydrogen-bond acceptors (Lipinski definition) is 3. The van der Waals surface area contributed by atoms with Crippen LogP contribution in [0.25, 0.3) is 0 Å². The number of nitrogens with one attached hydrogen (secondary N) is 1. The number of carbonyl (C=O) groups excluding carboxylic acids is 2. The lowest BCUT2D eigenvalue weighted by Gasteiger charge is -2.11. The second-order valence-corrected chi connectivity index (χ2v) is 6.03. The molecule has 122 valence electrons. The number of carbonyl (C=O) groups is 2. The summed E-state index contributed by atoms with van der Waals surface area (Å²) in [5.74, 6) is -0.689. The topological polar surface area (TPSA) is 67.2 Å². The van der Waals surface area contributed by atoms with Gasteiger partial charge in [0.15, 0.2) is 5.69 Å². The minimum Gasteiger partial charge on any atom is -0.343 e. The van der Waals surface area contributed by atoms with E-state index in [0.29, 0.717) is 22.0 Å². The molecule has 2 rings (SSSR count). The number of nitrogens with zero attached hydrogens (tertiary/aromatic N) is 3. The molecule has 0 fully saturated rings. The minimum absolute atomic E-state index is 0.184. The summed E-state index contributed by atoms with van der Waals surface area (Å²) in [5.41, 5.74) is 1.57. The zero-order chi connectivity index (χ0) is 17.3. The van der Waals surface area contributed by atoms with Gasteiger partial charge in [0.1, 0.15) is 0 Å². The highest BCUT2D eigenvalue weighted by Gasteiger charge is 2.23.